The van der Waals surface area contributed by atoms with Crippen LogP contribution in [-0.4, -0.2) is 39.3 Å². The Hall–Kier alpha value is -0.0400. The van der Waals surface area contributed by atoms with Crippen molar-refractivity contribution in [2.75, 3.05) is 27.3 Å². The zero-order valence-corrected chi connectivity index (χ0v) is 13.2. The lowest BCUT2D eigenvalue weighted by Gasteiger charge is -2.14. The summed E-state index contributed by atoms with van der Waals surface area (Å²) in [7, 11) is 3.54. The van der Waals surface area contributed by atoms with Crippen LogP contribution in [-0.2, 0) is 4.74 Å². The van der Waals surface area contributed by atoms with E-state index < -0.39 is 0 Å². The molecule has 5 heteroatoms. The van der Waals surface area contributed by atoms with Crippen LogP contribution in [0.3, 0.4) is 0 Å². The molecule has 98 valence electrons. The third-order valence-electron chi connectivity index (χ3n) is 1.97. The zero-order chi connectivity index (χ0) is 11.5. The predicted molar refractivity (Wildman–Crippen MR) is 80.8 cm³/mol. The van der Waals surface area contributed by atoms with E-state index in [-0.39, 0.29) is 24.0 Å². The number of hydrogen-bond donors (Lipinski definition) is 2. The van der Waals surface area contributed by atoms with E-state index in [1.165, 1.54) is 6.42 Å². The minimum absolute atomic E-state index is 0. The van der Waals surface area contributed by atoms with Crippen molar-refractivity contribution in [2.45, 2.75) is 39.2 Å². The topological polar surface area (TPSA) is 45.7 Å². The number of unbranched alkanes of at least 4 members (excludes halogenated alkanes) is 2. The lowest BCUT2D eigenvalue weighted by atomic mass is 10.2. The molecule has 2 N–H and O–H groups in total. The van der Waals surface area contributed by atoms with E-state index in [4.69, 9.17) is 4.74 Å². The molecule has 0 heterocycles. The molecule has 0 aromatic rings. The Morgan fingerprint density at radius 1 is 1.25 bits per heavy atom. The molecule has 0 rings (SSSR count). The summed E-state index contributed by atoms with van der Waals surface area (Å²) < 4.78 is 4.99. The first kappa shape index (κ1) is 18.3. The summed E-state index contributed by atoms with van der Waals surface area (Å²) in [6.07, 6.45) is 3.48. The first-order chi connectivity index (χ1) is 7.20. The number of nitrogens with zero attached hydrogens (tertiary/aromatic N) is 1. The second kappa shape index (κ2) is 13.0. The molecule has 0 radical (unpaired) electrons. The minimum Gasteiger partial charge on any atom is -0.385 e. The van der Waals surface area contributed by atoms with E-state index in [2.05, 4.69) is 29.5 Å². The van der Waals surface area contributed by atoms with Crippen LogP contribution >= 0.6 is 24.0 Å². The van der Waals surface area contributed by atoms with Gasteiger partial charge in [0.05, 0.1) is 0 Å². The monoisotopic (exact) mass is 343 g/mol. The molecule has 0 aliphatic heterocycles. The maximum absolute atomic E-state index is 4.99. The fraction of sp³-hybridized carbons (Fsp3) is 0.909. The summed E-state index contributed by atoms with van der Waals surface area (Å²) in [5.74, 6) is 0.886. The summed E-state index contributed by atoms with van der Waals surface area (Å²) in [6, 6.07) is 0.421. The lowest BCUT2D eigenvalue weighted by molar-refractivity contribution is 0.192. The van der Waals surface area contributed by atoms with Crippen molar-refractivity contribution >= 4 is 29.9 Å². The van der Waals surface area contributed by atoms with Crippen LogP contribution in [0.25, 0.3) is 0 Å². The van der Waals surface area contributed by atoms with Crippen LogP contribution in [0.1, 0.15) is 33.1 Å². The zero-order valence-electron chi connectivity index (χ0n) is 10.9. The van der Waals surface area contributed by atoms with E-state index in [1.807, 2.05) is 0 Å². The van der Waals surface area contributed by atoms with Crippen molar-refractivity contribution in [3.8, 4) is 0 Å². The molecule has 0 amide bonds. The van der Waals surface area contributed by atoms with Gasteiger partial charge in [-0.2, -0.15) is 0 Å². The Balaban J connectivity index is 0. The average Bonchev–Trinajstić information content (AvgIpc) is 2.20. The maximum Gasteiger partial charge on any atom is 0.191 e. The Morgan fingerprint density at radius 2 is 1.94 bits per heavy atom. The molecule has 0 fully saturated rings. The van der Waals surface area contributed by atoms with Gasteiger partial charge in [-0.1, -0.05) is 0 Å². The van der Waals surface area contributed by atoms with E-state index in [0.717, 1.165) is 32.0 Å². The first-order valence-electron chi connectivity index (χ1n) is 5.66. The Labute approximate surface area is 117 Å². The summed E-state index contributed by atoms with van der Waals surface area (Å²) >= 11 is 0. The predicted octanol–water partition coefficient (Wildman–Crippen LogP) is 1.99. The number of ether oxygens (including phenoxy) is 1. The second-order valence-corrected chi connectivity index (χ2v) is 3.85. The molecule has 0 saturated heterocycles. The van der Waals surface area contributed by atoms with Gasteiger partial charge in [0.15, 0.2) is 5.96 Å². The van der Waals surface area contributed by atoms with Crippen molar-refractivity contribution in [3.05, 3.63) is 0 Å². The van der Waals surface area contributed by atoms with Crippen molar-refractivity contribution in [1.29, 1.82) is 0 Å². The fourth-order valence-electron chi connectivity index (χ4n) is 1.22. The fourth-order valence-corrected chi connectivity index (χ4v) is 1.22. The lowest BCUT2D eigenvalue weighted by Crippen LogP contribution is -2.41. The molecular weight excluding hydrogens is 317 g/mol. The van der Waals surface area contributed by atoms with Crippen LogP contribution in [0.5, 0.6) is 0 Å². The normalized spacial score (nSPS) is 11.2. The molecule has 0 saturated carbocycles. The number of nitrogens with one attached hydrogen (secondary N) is 2. The molecule has 0 aliphatic rings. The number of aliphatic imine (C=N–C) groups is 1. The highest BCUT2D eigenvalue weighted by atomic mass is 127. The SMILES string of the molecule is CN=C(NCCCCCOC)NC(C)C.I. The molecule has 0 unspecified atom stereocenters. The van der Waals surface area contributed by atoms with Gasteiger partial charge in [-0.25, -0.2) is 0 Å². The highest BCUT2D eigenvalue weighted by molar-refractivity contribution is 14.0. The van der Waals surface area contributed by atoms with Crippen molar-refractivity contribution in [2.24, 2.45) is 4.99 Å². The van der Waals surface area contributed by atoms with Gasteiger partial charge in [-0.3, -0.25) is 4.99 Å². The van der Waals surface area contributed by atoms with Gasteiger partial charge in [0.2, 0.25) is 0 Å². The van der Waals surface area contributed by atoms with E-state index in [0.29, 0.717) is 6.04 Å². The van der Waals surface area contributed by atoms with Crippen LogP contribution < -0.4 is 10.6 Å². The van der Waals surface area contributed by atoms with E-state index in [1.54, 1.807) is 14.2 Å². The van der Waals surface area contributed by atoms with Crippen molar-refractivity contribution in [3.63, 3.8) is 0 Å². The summed E-state index contributed by atoms with van der Waals surface area (Å²) in [6.45, 7) is 6.03. The Bertz CT molecular complexity index is 175. The molecule has 16 heavy (non-hydrogen) atoms. The average molecular weight is 343 g/mol. The second-order valence-electron chi connectivity index (χ2n) is 3.85. The van der Waals surface area contributed by atoms with Gasteiger partial charge in [0, 0.05) is 33.4 Å². The number of methoxy groups -OCH3 is 1. The van der Waals surface area contributed by atoms with Gasteiger partial charge in [0.25, 0.3) is 0 Å². The van der Waals surface area contributed by atoms with Gasteiger partial charge in [0.1, 0.15) is 0 Å². The Kier molecular flexibility index (Phi) is 14.9. The number of halogens is 1. The molecule has 0 aromatic heterocycles. The smallest absolute Gasteiger partial charge is 0.191 e. The van der Waals surface area contributed by atoms with E-state index >= 15 is 0 Å². The molecule has 0 atom stereocenters. The van der Waals surface area contributed by atoms with Crippen LogP contribution in [0.15, 0.2) is 4.99 Å². The number of guanidine groups is 1. The first-order valence-corrected chi connectivity index (χ1v) is 5.66. The van der Waals surface area contributed by atoms with Crippen LogP contribution in [0, 0.1) is 0 Å². The summed E-state index contributed by atoms with van der Waals surface area (Å²) in [5.41, 5.74) is 0. The summed E-state index contributed by atoms with van der Waals surface area (Å²) in [4.78, 5) is 4.13. The molecule has 0 spiro atoms. The molecule has 0 bridgehead atoms. The molecule has 0 aromatic carbocycles. The van der Waals surface area contributed by atoms with Crippen molar-refractivity contribution < 1.29 is 4.74 Å². The standard InChI is InChI=1S/C11H25N3O.HI/c1-10(2)14-11(12-3)13-8-6-5-7-9-15-4;/h10H,5-9H2,1-4H3,(H2,12,13,14);1H. The molecule has 4 nitrogen and oxygen atoms in total. The highest BCUT2D eigenvalue weighted by Gasteiger charge is 1.98. The largest absolute Gasteiger partial charge is 0.385 e. The van der Waals surface area contributed by atoms with Gasteiger partial charge >= 0.3 is 0 Å². The Morgan fingerprint density at radius 3 is 2.44 bits per heavy atom. The van der Waals surface area contributed by atoms with Crippen molar-refractivity contribution in [1.82, 2.24) is 10.6 Å². The van der Waals surface area contributed by atoms with Gasteiger partial charge < -0.3 is 15.4 Å². The third-order valence-corrected chi connectivity index (χ3v) is 1.97. The highest BCUT2D eigenvalue weighted by Crippen LogP contribution is 1.93. The van der Waals surface area contributed by atoms with Crippen LogP contribution in [0.4, 0.5) is 0 Å². The molecular formula is C11H26IN3O. The van der Waals surface area contributed by atoms with E-state index in [9.17, 15) is 0 Å². The quantitative estimate of drug-likeness (QED) is 0.322. The minimum atomic E-state index is 0. The van der Waals surface area contributed by atoms with Crippen LogP contribution in [0.2, 0.25) is 0 Å². The molecule has 0 aliphatic carbocycles. The summed E-state index contributed by atoms with van der Waals surface area (Å²) in [5, 5.41) is 6.52. The maximum atomic E-state index is 4.99. The number of rotatable bonds is 7. The number of hydrogen-bond acceptors (Lipinski definition) is 2. The van der Waals surface area contributed by atoms with Gasteiger partial charge in [-0.05, 0) is 33.1 Å². The van der Waals surface area contributed by atoms with Gasteiger partial charge in [-0.15, -0.1) is 24.0 Å². The third kappa shape index (κ3) is 12.0.